The zero-order valence-electron chi connectivity index (χ0n) is 16.7. The van der Waals surface area contributed by atoms with Gasteiger partial charge < -0.3 is 10.2 Å². The van der Waals surface area contributed by atoms with E-state index in [9.17, 15) is 14.4 Å². The van der Waals surface area contributed by atoms with Crippen LogP contribution in [0.25, 0.3) is 0 Å². The molecule has 3 amide bonds. The summed E-state index contributed by atoms with van der Waals surface area (Å²) in [6.45, 7) is 2.93. The molecule has 156 valence electrons. The number of nitrogens with zero attached hydrogens (tertiary/aromatic N) is 2. The predicted octanol–water partition coefficient (Wildman–Crippen LogP) is 3.74. The maximum Gasteiger partial charge on any atom is 0.261 e. The molecule has 4 rings (SSSR count). The van der Waals surface area contributed by atoms with E-state index in [2.05, 4.69) is 38.3 Å². The average molecular weight is 470 g/mol. The Hall–Kier alpha value is -2.67. The van der Waals surface area contributed by atoms with Crippen LogP contribution in [0.15, 0.2) is 46.9 Å². The molecule has 1 fully saturated rings. The lowest BCUT2D eigenvalue weighted by Crippen LogP contribution is -2.32. The molecule has 2 aromatic carbocycles. The van der Waals surface area contributed by atoms with Gasteiger partial charge in [-0.15, -0.1) is 0 Å². The normalized spacial score (nSPS) is 15.6. The number of imide groups is 1. The number of carbonyl (C=O) groups is 3. The van der Waals surface area contributed by atoms with Crippen molar-refractivity contribution in [2.24, 2.45) is 0 Å². The van der Waals surface area contributed by atoms with E-state index in [-0.39, 0.29) is 30.7 Å². The van der Waals surface area contributed by atoms with Gasteiger partial charge in [-0.25, -0.2) is 0 Å². The number of benzene rings is 2. The Morgan fingerprint density at radius 3 is 2.40 bits per heavy atom. The number of fused-ring (bicyclic) bond motifs is 1. The van der Waals surface area contributed by atoms with Crippen LogP contribution in [0, 0.1) is 0 Å². The number of anilines is 1. The molecule has 0 spiro atoms. The summed E-state index contributed by atoms with van der Waals surface area (Å²) in [5.74, 6) is -0.672. The van der Waals surface area contributed by atoms with Gasteiger partial charge in [0.1, 0.15) is 0 Å². The van der Waals surface area contributed by atoms with Crippen molar-refractivity contribution in [2.75, 3.05) is 24.5 Å². The first-order chi connectivity index (χ1) is 14.5. The number of hydrogen-bond donors (Lipinski definition) is 1. The maximum absolute atomic E-state index is 12.4. The lowest BCUT2D eigenvalue weighted by atomic mass is 10.1. The Kier molecular flexibility index (Phi) is 6.18. The van der Waals surface area contributed by atoms with Crippen LogP contribution in [-0.2, 0) is 11.3 Å². The summed E-state index contributed by atoms with van der Waals surface area (Å²) in [6, 6.07) is 13.4. The summed E-state index contributed by atoms with van der Waals surface area (Å²) in [6.07, 6.45) is 3.20. The molecular formula is C23H24BrN3O3. The molecule has 6 nitrogen and oxygen atoms in total. The predicted molar refractivity (Wildman–Crippen MR) is 118 cm³/mol. The minimum Gasteiger partial charge on any atom is -0.372 e. The fourth-order valence-electron chi connectivity index (χ4n) is 3.95. The Labute approximate surface area is 184 Å². The zero-order chi connectivity index (χ0) is 21.1. The summed E-state index contributed by atoms with van der Waals surface area (Å²) in [7, 11) is 0. The summed E-state index contributed by atoms with van der Waals surface area (Å²) in [4.78, 5) is 40.6. The molecule has 7 heteroatoms. The third-order valence-corrected chi connectivity index (χ3v) is 6.11. The molecule has 2 aromatic rings. The summed E-state index contributed by atoms with van der Waals surface area (Å²) in [5, 5.41) is 2.91. The van der Waals surface area contributed by atoms with Crippen LogP contribution in [0.3, 0.4) is 0 Å². The smallest absolute Gasteiger partial charge is 0.261 e. The Morgan fingerprint density at radius 2 is 1.67 bits per heavy atom. The van der Waals surface area contributed by atoms with Gasteiger partial charge in [0.2, 0.25) is 5.91 Å². The molecule has 2 heterocycles. The minimum atomic E-state index is -0.296. The number of amides is 3. The largest absolute Gasteiger partial charge is 0.372 e. The highest BCUT2D eigenvalue weighted by Crippen LogP contribution is 2.26. The van der Waals surface area contributed by atoms with E-state index in [1.165, 1.54) is 23.4 Å². The van der Waals surface area contributed by atoms with Gasteiger partial charge in [-0.05, 0) is 55.2 Å². The van der Waals surface area contributed by atoms with Crippen molar-refractivity contribution in [3.8, 4) is 0 Å². The van der Waals surface area contributed by atoms with Gasteiger partial charge in [-0.2, -0.15) is 0 Å². The highest BCUT2D eigenvalue weighted by atomic mass is 79.9. The SMILES string of the molecule is O=C(CCCN1C(=O)c2ccc(Br)cc2C1=O)NCc1ccc(N2CCCC2)cc1. The molecule has 0 unspecified atom stereocenters. The maximum atomic E-state index is 12.4. The Balaban J connectivity index is 1.22. The average Bonchev–Trinajstić information content (AvgIpc) is 3.36. The van der Waals surface area contributed by atoms with E-state index < -0.39 is 0 Å². The van der Waals surface area contributed by atoms with Crippen molar-refractivity contribution in [2.45, 2.75) is 32.2 Å². The third kappa shape index (κ3) is 4.41. The molecule has 0 atom stereocenters. The fraction of sp³-hybridized carbons (Fsp3) is 0.348. The number of halogens is 1. The molecule has 0 aliphatic carbocycles. The first kappa shape index (κ1) is 20.6. The van der Waals surface area contributed by atoms with E-state index in [4.69, 9.17) is 0 Å². The molecule has 0 aromatic heterocycles. The van der Waals surface area contributed by atoms with Crippen molar-refractivity contribution in [3.63, 3.8) is 0 Å². The first-order valence-corrected chi connectivity index (χ1v) is 11.1. The third-order valence-electron chi connectivity index (χ3n) is 5.62. The summed E-state index contributed by atoms with van der Waals surface area (Å²) >= 11 is 3.32. The van der Waals surface area contributed by atoms with E-state index in [1.54, 1.807) is 18.2 Å². The summed E-state index contributed by atoms with van der Waals surface area (Å²) < 4.78 is 0.761. The van der Waals surface area contributed by atoms with Crippen LogP contribution in [0.5, 0.6) is 0 Å². The molecule has 1 saturated heterocycles. The van der Waals surface area contributed by atoms with Crippen LogP contribution in [-0.4, -0.2) is 42.3 Å². The zero-order valence-corrected chi connectivity index (χ0v) is 18.3. The van der Waals surface area contributed by atoms with Gasteiger partial charge in [-0.1, -0.05) is 28.1 Å². The van der Waals surface area contributed by atoms with Gasteiger partial charge >= 0.3 is 0 Å². The number of hydrogen-bond acceptors (Lipinski definition) is 4. The van der Waals surface area contributed by atoms with Gasteiger partial charge in [0.25, 0.3) is 11.8 Å². The van der Waals surface area contributed by atoms with Crippen LogP contribution in [0.1, 0.15) is 52.0 Å². The standard InChI is InChI=1S/C23H24BrN3O3/c24-17-7-10-19-20(14-17)23(30)27(22(19)29)13-3-4-21(28)25-15-16-5-8-18(9-6-16)26-11-1-2-12-26/h5-10,14H,1-4,11-13,15H2,(H,25,28). The molecule has 30 heavy (non-hydrogen) atoms. The van der Waals surface area contributed by atoms with E-state index >= 15 is 0 Å². The monoisotopic (exact) mass is 469 g/mol. The van der Waals surface area contributed by atoms with Gasteiger partial charge in [0.15, 0.2) is 0 Å². The Morgan fingerprint density at radius 1 is 0.967 bits per heavy atom. The van der Waals surface area contributed by atoms with Gasteiger partial charge in [0.05, 0.1) is 11.1 Å². The molecule has 2 aliphatic rings. The number of carbonyl (C=O) groups excluding carboxylic acids is 3. The quantitative estimate of drug-likeness (QED) is 0.626. The second kappa shape index (κ2) is 9.00. The van der Waals surface area contributed by atoms with Crippen molar-refractivity contribution in [1.29, 1.82) is 0 Å². The van der Waals surface area contributed by atoms with Crippen LogP contribution in [0.4, 0.5) is 5.69 Å². The molecule has 0 radical (unpaired) electrons. The van der Waals surface area contributed by atoms with Gasteiger partial charge in [-0.3, -0.25) is 19.3 Å². The second-order valence-corrected chi connectivity index (χ2v) is 8.61. The van der Waals surface area contributed by atoms with Crippen molar-refractivity contribution in [1.82, 2.24) is 10.2 Å². The second-order valence-electron chi connectivity index (χ2n) is 7.69. The topological polar surface area (TPSA) is 69.7 Å². The molecular weight excluding hydrogens is 446 g/mol. The van der Waals surface area contributed by atoms with Crippen molar-refractivity contribution in [3.05, 3.63) is 63.6 Å². The van der Waals surface area contributed by atoms with Crippen LogP contribution >= 0.6 is 15.9 Å². The molecule has 1 N–H and O–H groups in total. The lowest BCUT2D eigenvalue weighted by Gasteiger charge is -2.17. The molecule has 2 aliphatic heterocycles. The first-order valence-electron chi connectivity index (χ1n) is 10.3. The minimum absolute atomic E-state index is 0.0852. The van der Waals surface area contributed by atoms with Crippen molar-refractivity contribution >= 4 is 39.3 Å². The van der Waals surface area contributed by atoms with Gasteiger partial charge in [0, 0.05) is 42.8 Å². The van der Waals surface area contributed by atoms with Crippen molar-refractivity contribution < 1.29 is 14.4 Å². The highest BCUT2D eigenvalue weighted by Gasteiger charge is 2.35. The Bertz CT molecular complexity index is 968. The number of nitrogens with one attached hydrogen (secondary N) is 1. The molecule has 0 bridgehead atoms. The van der Waals surface area contributed by atoms with Crippen LogP contribution in [0.2, 0.25) is 0 Å². The highest BCUT2D eigenvalue weighted by molar-refractivity contribution is 9.10. The molecule has 0 saturated carbocycles. The number of rotatable bonds is 7. The van der Waals surface area contributed by atoms with Crippen LogP contribution < -0.4 is 10.2 Å². The van der Waals surface area contributed by atoms with E-state index in [1.807, 2.05) is 12.1 Å². The van der Waals surface area contributed by atoms with E-state index in [0.29, 0.717) is 24.1 Å². The van der Waals surface area contributed by atoms with E-state index in [0.717, 1.165) is 23.1 Å². The summed E-state index contributed by atoms with van der Waals surface area (Å²) in [5.41, 5.74) is 3.12. The lowest BCUT2D eigenvalue weighted by molar-refractivity contribution is -0.121. The fourth-order valence-corrected chi connectivity index (χ4v) is 4.31.